The Labute approximate surface area is 193 Å². The van der Waals surface area contributed by atoms with Gasteiger partial charge >= 0.3 is 5.97 Å². The number of carboxylic acid groups (broad SMARTS) is 1. The van der Waals surface area contributed by atoms with E-state index in [0.29, 0.717) is 0 Å². The van der Waals surface area contributed by atoms with E-state index >= 15 is 0 Å². The highest BCUT2D eigenvalue weighted by Crippen LogP contribution is 2.26. The van der Waals surface area contributed by atoms with Crippen LogP contribution in [0.15, 0.2) is 71.7 Å². The van der Waals surface area contributed by atoms with Crippen molar-refractivity contribution in [3.8, 4) is 16.9 Å². The fourth-order valence-electron chi connectivity index (χ4n) is 3.54. The Kier molecular flexibility index (Phi) is 5.93. The first kappa shape index (κ1) is 22.2. The summed E-state index contributed by atoms with van der Waals surface area (Å²) in [5, 5.41) is 22.2. The molecule has 4 aromatic rings. The molecular formula is C24H20ClN3O5. The Bertz CT molecular complexity index is 1410. The molecule has 9 heteroatoms. The smallest absolute Gasteiger partial charge is 0.325 e. The molecule has 1 atom stereocenters. The van der Waals surface area contributed by atoms with E-state index in [2.05, 4.69) is 5.32 Å². The molecule has 0 saturated carbocycles. The van der Waals surface area contributed by atoms with Crippen LogP contribution < -0.4 is 10.9 Å². The van der Waals surface area contributed by atoms with Crippen LogP contribution >= 0.6 is 11.6 Å². The van der Waals surface area contributed by atoms with Gasteiger partial charge in [0.2, 0.25) is 0 Å². The van der Waals surface area contributed by atoms with Gasteiger partial charge in [-0.15, -0.1) is 0 Å². The van der Waals surface area contributed by atoms with Gasteiger partial charge in [0.05, 0.1) is 11.6 Å². The van der Waals surface area contributed by atoms with Crippen molar-refractivity contribution in [3.63, 3.8) is 0 Å². The van der Waals surface area contributed by atoms with Gasteiger partial charge < -0.3 is 15.5 Å². The number of nitrogens with one attached hydrogen (secondary N) is 1. The van der Waals surface area contributed by atoms with Gasteiger partial charge in [-0.05, 0) is 29.7 Å². The van der Waals surface area contributed by atoms with Crippen LogP contribution in [0, 0.1) is 0 Å². The molecule has 0 spiro atoms. The van der Waals surface area contributed by atoms with Crippen molar-refractivity contribution >= 4 is 29.0 Å². The van der Waals surface area contributed by atoms with Gasteiger partial charge in [-0.3, -0.25) is 18.9 Å². The van der Waals surface area contributed by atoms with Crippen LogP contribution in [0.25, 0.3) is 16.6 Å². The van der Waals surface area contributed by atoms with Crippen molar-refractivity contribution in [2.45, 2.75) is 19.5 Å². The molecule has 4 rings (SSSR count). The molecular weight excluding hydrogens is 446 g/mol. The monoisotopic (exact) mass is 465 g/mol. The maximum atomic E-state index is 13.2. The lowest BCUT2D eigenvalue weighted by Crippen LogP contribution is -2.42. The lowest BCUT2D eigenvalue weighted by Gasteiger charge is -2.16. The number of aromatic nitrogens is 2. The van der Waals surface area contributed by atoms with Crippen LogP contribution in [0.4, 0.5) is 0 Å². The summed E-state index contributed by atoms with van der Waals surface area (Å²) in [6.07, 6.45) is 1.46. The maximum absolute atomic E-state index is 13.2. The number of carbonyl (C=O) groups is 2. The number of benzene rings is 2. The maximum Gasteiger partial charge on any atom is 0.325 e. The zero-order valence-corrected chi connectivity index (χ0v) is 18.3. The third-order valence-corrected chi connectivity index (χ3v) is 5.50. The van der Waals surface area contributed by atoms with Crippen LogP contribution in [0.1, 0.15) is 22.8 Å². The molecule has 0 bridgehead atoms. The summed E-state index contributed by atoms with van der Waals surface area (Å²) >= 11 is 6.10. The van der Waals surface area contributed by atoms with E-state index in [4.69, 9.17) is 16.7 Å². The molecule has 168 valence electrons. The number of carboxylic acids is 1. The Morgan fingerprint density at radius 3 is 2.33 bits per heavy atom. The Hall–Kier alpha value is -4.04. The summed E-state index contributed by atoms with van der Waals surface area (Å²) < 4.78 is 2.64. The Morgan fingerprint density at radius 1 is 1.06 bits per heavy atom. The minimum Gasteiger partial charge on any atom is -0.505 e. The summed E-state index contributed by atoms with van der Waals surface area (Å²) in [5.74, 6) is -2.83. The third kappa shape index (κ3) is 4.33. The first-order valence-corrected chi connectivity index (χ1v) is 10.5. The summed E-state index contributed by atoms with van der Waals surface area (Å²) in [6.45, 7) is 1.35. The molecule has 0 aliphatic heterocycles. The number of rotatable bonds is 6. The molecule has 0 unspecified atom stereocenters. The predicted octanol–water partition coefficient (Wildman–Crippen LogP) is 3.38. The van der Waals surface area contributed by atoms with Gasteiger partial charge in [0, 0.05) is 6.20 Å². The molecule has 1 amide bonds. The van der Waals surface area contributed by atoms with E-state index in [1.165, 1.54) is 28.4 Å². The third-order valence-electron chi connectivity index (χ3n) is 5.29. The number of hydrogen-bond donors (Lipinski definition) is 3. The second-order valence-electron chi connectivity index (χ2n) is 7.57. The fourth-order valence-corrected chi connectivity index (χ4v) is 3.74. The summed E-state index contributed by atoms with van der Waals surface area (Å²) in [7, 11) is 0. The first-order chi connectivity index (χ1) is 15.8. The van der Waals surface area contributed by atoms with Crippen LogP contribution in [-0.4, -0.2) is 37.3 Å². The zero-order chi connectivity index (χ0) is 23.7. The molecule has 0 radical (unpaired) electrons. The number of aromatic hydroxyl groups is 1. The number of hydrogen-bond acceptors (Lipinski definition) is 4. The van der Waals surface area contributed by atoms with E-state index in [1.807, 2.05) is 54.6 Å². The molecule has 0 aliphatic rings. The van der Waals surface area contributed by atoms with Crippen LogP contribution in [0.2, 0.25) is 5.02 Å². The molecule has 0 aliphatic carbocycles. The molecule has 33 heavy (non-hydrogen) atoms. The highest BCUT2D eigenvalue weighted by atomic mass is 35.5. The lowest BCUT2D eigenvalue weighted by molar-refractivity contribution is -0.138. The number of fused-ring (bicyclic) bond motifs is 1. The topological polar surface area (TPSA) is 113 Å². The molecule has 2 heterocycles. The van der Waals surface area contributed by atoms with Crippen molar-refractivity contribution < 1.29 is 19.8 Å². The van der Waals surface area contributed by atoms with Crippen LogP contribution in [0.5, 0.6) is 5.75 Å². The Morgan fingerprint density at radius 2 is 1.70 bits per heavy atom. The van der Waals surface area contributed by atoms with Gasteiger partial charge in [-0.25, -0.2) is 4.68 Å². The number of carbonyl (C=O) groups excluding carboxylic acids is 1. The number of aliphatic carboxylic acids is 1. The van der Waals surface area contributed by atoms with E-state index in [1.54, 1.807) is 0 Å². The van der Waals surface area contributed by atoms with Crippen molar-refractivity contribution in [1.82, 2.24) is 14.5 Å². The zero-order valence-electron chi connectivity index (χ0n) is 17.5. The standard InChI is InChI=1S/C24H20ClN3O5/c1-14(24(32)33)26-22(30)20-21(29)19-11-18(25)13-27(19)28(23(20)31)12-15-7-9-17(10-8-15)16-5-3-2-4-6-16/h2-11,13-14,29H,12H2,1H3,(H,26,30)(H,32,33)/t14-/m1/s1. The second-order valence-corrected chi connectivity index (χ2v) is 8.01. The van der Waals surface area contributed by atoms with Gasteiger partial charge in [0.1, 0.15) is 17.1 Å². The summed E-state index contributed by atoms with van der Waals surface area (Å²) in [4.78, 5) is 37.0. The molecule has 3 N–H and O–H groups in total. The number of halogens is 1. The van der Waals surface area contributed by atoms with Gasteiger partial charge in [-0.1, -0.05) is 66.2 Å². The molecule has 0 saturated heterocycles. The quantitative estimate of drug-likeness (QED) is 0.404. The van der Waals surface area contributed by atoms with Gasteiger partial charge in [0.15, 0.2) is 5.75 Å². The SMILES string of the molecule is C[C@@H](NC(=O)c1c(O)c2cc(Cl)cn2n(Cc2ccc(-c3ccccc3)cc2)c1=O)C(=O)O. The normalized spacial score (nSPS) is 11.9. The number of amides is 1. The summed E-state index contributed by atoms with van der Waals surface area (Å²) in [5.41, 5.74) is 1.65. The van der Waals surface area contributed by atoms with Crippen molar-refractivity contribution in [2.75, 3.05) is 0 Å². The van der Waals surface area contributed by atoms with E-state index in [9.17, 15) is 19.5 Å². The Balaban J connectivity index is 1.76. The minimum absolute atomic E-state index is 0.0878. The lowest BCUT2D eigenvalue weighted by atomic mass is 10.0. The van der Waals surface area contributed by atoms with Crippen molar-refractivity contribution in [2.24, 2.45) is 0 Å². The first-order valence-electron chi connectivity index (χ1n) is 10.1. The highest BCUT2D eigenvalue weighted by Gasteiger charge is 2.25. The second kappa shape index (κ2) is 8.84. The van der Waals surface area contributed by atoms with E-state index < -0.39 is 34.8 Å². The molecule has 0 fully saturated rings. The average molecular weight is 466 g/mol. The average Bonchev–Trinajstić information content (AvgIpc) is 3.19. The van der Waals surface area contributed by atoms with Crippen LogP contribution in [0.3, 0.4) is 0 Å². The highest BCUT2D eigenvalue weighted by molar-refractivity contribution is 6.31. The summed E-state index contributed by atoms with van der Waals surface area (Å²) in [6, 6.07) is 17.6. The molecule has 2 aromatic heterocycles. The van der Waals surface area contributed by atoms with Crippen LogP contribution in [-0.2, 0) is 11.3 Å². The van der Waals surface area contributed by atoms with Gasteiger partial charge in [0.25, 0.3) is 11.5 Å². The van der Waals surface area contributed by atoms with Crippen molar-refractivity contribution in [3.05, 3.63) is 93.4 Å². The molecule has 8 nitrogen and oxygen atoms in total. The van der Waals surface area contributed by atoms with Crippen molar-refractivity contribution in [1.29, 1.82) is 0 Å². The van der Waals surface area contributed by atoms with Gasteiger partial charge in [-0.2, -0.15) is 0 Å². The number of nitrogens with zero attached hydrogens (tertiary/aromatic N) is 2. The minimum atomic E-state index is -1.27. The predicted molar refractivity (Wildman–Crippen MR) is 124 cm³/mol. The largest absolute Gasteiger partial charge is 0.505 e. The fraction of sp³-hybridized carbons (Fsp3) is 0.125. The molecule has 2 aromatic carbocycles. The van der Waals surface area contributed by atoms with E-state index in [0.717, 1.165) is 16.7 Å². The van der Waals surface area contributed by atoms with E-state index in [-0.39, 0.29) is 17.1 Å².